The number of hydrogen-bond acceptors (Lipinski definition) is 5. The molecule has 0 aromatic rings. The van der Waals surface area contributed by atoms with Crippen molar-refractivity contribution in [3.63, 3.8) is 0 Å². The Kier molecular flexibility index (Phi) is 5.96. The first-order chi connectivity index (χ1) is 10.1. The smallest absolute Gasteiger partial charge is 0.236 e. The summed E-state index contributed by atoms with van der Waals surface area (Å²) in [6, 6.07) is 0. The molecule has 0 aliphatic carbocycles. The van der Waals surface area contributed by atoms with Crippen molar-refractivity contribution in [2.24, 2.45) is 0 Å². The second-order valence-electron chi connectivity index (χ2n) is 5.90. The summed E-state index contributed by atoms with van der Waals surface area (Å²) < 4.78 is 5.56. The van der Waals surface area contributed by atoms with Crippen LogP contribution in [0.15, 0.2) is 0 Å². The molecule has 2 heterocycles. The summed E-state index contributed by atoms with van der Waals surface area (Å²) in [4.78, 5) is 29.7. The van der Waals surface area contributed by atoms with E-state index in [1.807, 2.05) is 28.8 Å². The third-order valence-electron chi connectivity index (χ3n) is 3.84. The fourth-order valence-corrected chi connectivity index (χ4v) is 2.65. The molecule has 120 valence electrons. The molecule has 2 saturated heterocycles. The Morgan fingerprint density at radius 2 is 1.76 bits per heavy atom. The highest BCUT2D eigenvalue weighted by Crippen LogP contribution is 2.08. The molecule has 1 N–H and O–H groups in total. The molecule has 0 saturated carbocycles. The molecule has 0 aromatic heterocycles. The lowest BCUT2D eigenvalue weighted by atomic mass is 10.2. The normalized spacial score (nSPS) is 23.5. The van der Waals surface area contributed by atoms with E-state index in [1.54, 1.807) is 0 Å². The Balaban J connectivity index is 1.72. The van der Waals surface area contributed by atoms with Crippen molar-refractivity contribution >= 4 is 11.8 Å². The van der Waals surface area contributed by atoms with Crippen LogP contribution in [0.1, 0.15) is 6.42 Å². The molecule has 2 fully saturated rings. The van der Waals surface area contributed by atoms with Crippen LogP contribution in [-0.2, 0) is 14.3 Å². The van der Waals surface area contributed by atoms with Gasteiger partial charge in [-0.2, -0.15) is 0 Å². The van der Waals surface area contributed by atoms with Crippen LogP contribution in [0.3, 0.4) is 0 Å². The van der Waals surface area contributed by atoms with Gasteiger partial charge in [-0.15, -0.1) is 0 Å². The molecule has 0 aromatic carbocycles. The van der Waals surface area contributed by atoms with Crippen LogP contribution >= 0.6 is 0 Å². The summed E-state index contributed by atoms with van der Waals surface area (Å²) in [5.41, 5.74) is 0. The van der Waals surface area contributed by atoms with Crippen LogP contribution in [0.4, 0.5) is 0 Å². The van der Waals surface area contributed by atoms with Gasteiger partial charge in [-0.3, -0.25) is 9.59 Å². The van der Waals surface area contributed by atoms with E-state index in [9.17, 15) is 9.59 Å². The Morgan fingerprint density at radius 1 is 1.14 bits per heavy atom. The van der Waals surface area contributed by atoms with Crippen LogP contribution < -0.4 is 5.32 Å². The van der Waals surface area contributed by atoms with Crippen molar-refractivity contribution in [1.29, 1.82) is 0 Å². The molecule has 1 atom stereocenters. The number of carbonyl (C=O) groups excluding carboxylic acids is 2. The van der Waals surface area contributed by atoms with Crippen LogP contribution in [0.2, 0.25) is 0 Å². The molecule has 0 bridgehead atoms. The molecule has 2 rings (SSSR count). The molecule has 7 heteroatoms. The molecule has 2 aliphatic rings. The summed E-state index contributed by atoms with van der Waals surface area (Å²) in [6.45, 7) is 5.20. The van der Waals surface area contributed by atoms with Crippen LogP contribution in [0.5, 0.6) is 0 Å². The molecule has 0 spiro atoms. The second kappa shape index (κ2) is 7.72. The first-order valence-electron chi connectivity index (χ1n) is 7.59. The Hall–Kier alpha value is -1.18. The quantitative estimate of drug-likeness (QED) is 0.691. The average Bonchev–Trinajstić information content (AvgIpc) is 2.47. The number of hydrogen-bond donors (Lipinski definition) is 1. The van der Waals surface area contributed by atoms with E-state index in [0.717, 1.165) is 13.1 Å². The van der Waals surface area contributed by atoms with Gasteiger partial charge in [0.1, 0.15) is 0 Å². The van der Waals surface area contributed by atoms with Gasteiger partial charge in [0.15, 0.2) is 0 Å². The van der Waals surface area contributed by atoms with E-state index in [-0.39, 0.29) is 17.9 Å². The maximum absolute atomic E-state index is 12.2. The van der Waals surface area contributed by atoms with Crippen molar-refractivity contribution in [2.75, 3.05) is 66.5 Å². The summed E-state index contributed by atoms with van der Waals surface area (Å²) in [5, 5.41) is 3.23. The Labute approximate surface area is 126 Å². The highest BCUT2D eigenvalue weighted by Gasteiger charge is 2.26. The van der Waals surface area contributed by atoms with Gasteiger partial charge in [0.05, 0.1) is 25.7 Å². The number of likely N-dealkylation sites (N-methyl/N-ethyl adjacent to an activating group) is 1. The third kappa shape index (κ3) is 4.94. The number of nitrogens with one attached hydrogen (secondary N) is 1. The Bertz CT molecular complexity index is 361. The van der Waals surface area contributed by atoms with Gasteiger partial charge in [0, 0.05) is 39.3 Å². The minimum absolute atomic E-state index is 0.0142. The zero-order valence-corrected chi connectivity index (χ0v) is 13.0. The lowest BCUT2D eigenvalue weighted by Crippen LogP contribution is -2.53. The molecule has 0 radical (unpaired) electrons. The fourth-order valence-electron chi connectivity index (χ4n) is 2.65. The van der Waals surface area contributed by atoms with E-state index in [0.29, 0.717) is 45.8 Å². The van der Waals surface area contributed by atoms with Gasteiger partial charge in [0.25, 0.3) is 0 Å². The fraction of sp³-hybridized carbons (Fsp3) is 0.857. The minimum atomic E-state index is -0.0142. The maximum Gasteiger partial charge on any atom is 0.236 e. The zero-order chi connectivity index (χ0) is 15.2. The summed E-state index contributed by atoms with van der Waals surface area (Å²) in [6.07, 6.45) is 0.415. The lowest BCUT2D eigenvalue weighted by Gasteiger charge is -2.36. The van der Waals surface area contributed by atoms with Crippen LogP contribution in [0.25, 0.3) is 0 Å². The maximum atomic E-state index is 12.2. The molecule has 1 unspecified atom stereocenters. The van der Waals surface area contributed by atoms with Gasteiger partial charge in [0.2, 0.25) is 11.8 Å². The lowest BCUT2D eigenvalue weighted by molar-refractivity contribution is -0.141. The van der Waals surface area contributed by atoms with Crippen LogP contribution in [-0.4, -0.2) is 99.1 Å². The summed E-state index contributed by atoms with van der Waals surface area (Å²) in [7, 11) is 3.77. The molecule has 21 heavy (non-hydrogen) atoms. The molecule has 2 aliphatic heterocycles. The second-order valence-corrected chi connectivity index (χ2v) is 5.90. The SMILES string of the molecule is CN(C)CC(=O)N1CCN(C(=O)CC2CNCCO2)CC1. The summed E-state index contributed by atoms with van der Waals surface area (Å²) in [5.74, 6) is 0.260. The highest BCUT2D eigenvalue weighted by atomic mass is 16.5. The molecular weight excluding hydrogens is 272 g/mol. The van der Waals surface area contributed by atoms with Gasteiger partial charge in [-0.05, 0) is 14.1 Å². The third-order valence-corrected chi connectivity index (χ3v) is 3.84. The predicted molar refractivity (Wildman–Crippen MR) is 78.9 cm³/mol. The van der Waals surface area contributed by atoms with E-state index >= 15 is 0 Å². The number of nitrogens with zero attached hydrogens (tertiary/aromatic N) is 3. The number of carbonyl (C=O) groups is 2. The molecule has 2 amide bonds. The van der Waals surface area contributed by atoms with E-state index in [4.69, 9.17) is 4.74 Å². The standard InChI is InChI=1S/C14H26N4O3/c1-16(2)11-14(20)18-6-4-17(5-7-18)13(19)9-12-10-15-3-8-21-12/h12,15H,3-11H2,1-2H3. The number of rotatable bonds is 4. The molecule has 7 nitrogen and oxygen atoms in total. The molecular formula is C14H26N4O3. The summed E-state index contributed by atoms with van der Waals surface area (Å²) >= 11 is 0. The predicted octanol–water partition coefficient (Wildman–Crippen LogP) is -1.40. The zero-order valence-electron chi connectivity index (χ0n) is 13.0. The number of morpholine rings is 1. The first-order valence-corrected chi connectivity index (χ1v) is 7.59. The first kappa shape index (κ1) is 16.2. The minimum Gasteiger partial charge on any atom is -0.375 e. The average molecular weight is 298 g/mol. The van der Waals surface area contributed by atoms with Gasteiger partial charge in [-0.1, -0.05) is 0 Å². The highest BCUT2D eigenvalue weighted by molar-refractivity contribution is 5.79. The number of piperazine rings is 1. The van der Waals surface area contributed by atoms with Crippen LogP contribution in [0, 0.1) is 0 Å². The number of ether oxygens (including phenoxy) is 1. The monoisotopic (exact) mass is 298 g/mol. The van der Waals surface area contributed by atoms with E-state index in [1.165, 1.54) is 0 Å². The van der Waals surface area contributed by atoms with Crippen molar-refractivity contribution in [3.05, 3.63) is 0 Å². The largest absolute Gasteiger partial charge is 0.375 e. The Morgan fingerprint density at radius 3 is 2.29 bits per heavy atom. The number of amides is 2. The van der Waals surface area contributed by atoms with Crippen molar-refractivity contribution in [3.8, 4) is 0 Å². The van der Waals surface area contributed by atoms with E-state index in [2.05, 4.69) is 5.32 Å². The van der Waals surface area contributed by atoms with Gasteiger partial charge >= 0.3 is 0 Å². The van der Waals surface area contributed by atoms with Gasteiger partial charge in [-0.25, -0.2) is 0 Å². The van der Waals surface area contributed by atoms with Crippen molar-refractivity contribution in [1.82, 2.24) is 20.0 Å². The van der Waals surface area contributed by atoms with Crippen molar-refractivity contribution < 1.29 is 14.3 Å². The van der Waals surface area contributed by atoms with Crippen molar-refractivity contribution in [2.45, 2.75) is 12.5 Å². The van der Waals surface area contributed by atoms with E-state index < -0.39 is 0 Å². The van der Waals surface area contributed by atoms with Gasteiger partial charge < -0.3 is 24.8 Å². The topological polar surface area (TPSA) is 65.1 Å².